The summed E-state index contributed by atoms with van der Waals surface area (Å²) in [6, 6.07) is 5.71. The molecular formula is C14H18N2O. The zero-order valence-electron chi connectivity index (χ0n) is 11.0. The number of benzene rings is 1. The molecule has 90 valence electrons. The number of nitrogens with zero attached hydrogens (tertiary/aromatic N) is 2. The van der Waals surface area contributed by atoms with Crippen LogP contribution in [0.2, 0.25) is 0 Å². The molecule has 1 aromatic heterocycles. The van der Waals surface area contributed by atoms with Crippen LogP contribution in [-0.2, 0) is 12.5 Å². The van der Waals surface area contributed by atoms with Crippen LogP contribution in [-0.4, -0.2) is 15.6 Å². The van der Waals surface area contributed by atoms with Gasteiger partial charge >= 0.3 is 0 Å². The molecule has 3 heteroatoms. The second-order valence-electron chi connectivity index (χ2n) is 5.51. The molecule has 17 heavy (non-hydrogen) atoms. The van der Waals surface area contributed by atoms with Gasteiger partial charge in [-0.2, -0.15) is 5.10 Å². The van der Waals surface area contributed by atoms with Crippen molar-refractivity contribution in [2.24, 2.45) is 7.05 Å². The highest BCUT2D eigenvalue weighted by molar-refractivity contribution is 5.98. The fourth-order valence-corrected chi connectivity index (χ4v) is 2.31. The molecule has 0 fully saturated rings. The summed E-state index contributed by atoms with van der Waals surface area (Å²) in [6.07, 6.45) is 0. The lowest BCUT2D eigenvalue weighted by Gasteiger charge is -2.19. The van der Waals surface area contributed by atoms with Crippen LogP contribution in [0.25, 0.3) is 10.9 Å². The van der Waals surface area contributed by atoms with Crippen molar-refractivity contribution in [1.82, 2.24) is 9.78 Å². The van der Waals surface area contributed by atoms with Crippen molar-refractivity contribution in [2.45, 2.75) is 33.1 Å². The molecule has 0 unspecified atom stereocenters. The lowest BCUT2D eigenvalue weighted by Crippen LogP contribution is -2.16. The molecule has 0 aliphatic carbocycles. The highest BCUT2D eigenvalue weighted by Crippen LogP contribution is 2.30. The average Bonchev–Trinajstić information content (AvgIpc) is 2.51. The summed E-state index contributed by atoms with van der Waals surface area (Å²) in [5.74, 6) is 0.0932. The van der Waals surface area contributed by atoms with Crippen LogP contribution in [0.15, 0.2) is 18.2 Å². The van der Waals surface area contributed by atoms with E-state index in [-0.39, 0.29) is 11.2 Å². The van der Waals surface area contributed by atoms with Crippen molar-refractivity contribution < 1.29 is 4.79 Å². The maximum absolute atomic E-state index is 11.4. The topological polar surface area (TPSA) is 34.9 Å². The molecule has 0 saturated carbocycles. The highest BCUT2D eigenvalue weighted by Gasteiger charge is 2.22. The van der Waals surface area contributed by atoms with Gasteiger partial charge in [0.25, 0.3) is 0 Å². The zero-order valence-corrected chi connectivity index (χ0v) is 11.0. The fraction of sp³-hybridized carbons (Fsp3) is 0.429. The number of hydrogen-bond donors (Lipinski definition) is 0. The third-order valence-corrected chi connectivity index (χ3v) is 2.95. The van der Waals surface area contributed by atoms with Crippen LogP contribution in [0.5, 0.6) is 0 Å². The van der Waals surface area contributed by atoms with Crippen LogP contribution < -0.4 is 0 Å². The van der Waals surface area contributed by atoms with E-state index in [1.54, 1.807) is 6.92 Å². The van der Waals surface area contributed by atoms with Crippen LogP contribution in [0.3, 0.4) is 0 Å². The van der Waals surface area contributed by atoms with E-state index in [2.05, 4.69) is 25.9 Å². The van der Waals surface area contributed by atoms with E-state index in [1.165, 1.54) is 0 Å². The van der Waals surface area contributed by atoms with E-state index in [0.717, 1.165) is 22.2 Å². The smallest absolute Gasteiger partial charge is 0.159 e. The summed E-state index contributed by atoms with van der Waals surface area (Å²) < 4.78 is 1.91. The molecule has 0 atom stereocenters. The Bertz CT molecular complexity index is 588. The fourth-order valence-electron chi connectivity index (χ4n) is 2.31. The van der Waals surface area contributed by atoms with E-state index in [0.29, 0.717) is 0 Å². The molecule has 0 radical (unpaired) electrons. The number of ketones is 1. The van der Waals surface area contributed by atoms with Crippen molar-refractivity contribution in [3.8, 4) is 0 Å². The van der Waals surface area contributed by atoms with Crippen molar-refractivity contribution in [3.05, 3.63) is 29.5 Å². The van der Waals surface area contributed by atoms with Crippen molar-refractivity contribution >= 4 is 16.7 Å². The van der Waals surface area contributed by atoms with Crippen molar-refractivity contribution in [2.75, 3.05) is 0 Å². The molecular weight excluding hydrogens is 212 g/mol. The first-order valence-electron chi connectivity index (χ1n) is 5.79. The predicted octanol–water partition coefficient (Wildman–Crippen LogP) is 3.07. The maximum atomic E-state index is 11.4. The summed E-state index contributed by atoms with van der Waals surface area (Å²) in [6.45, 7) is 8.06. The largest absolute Gasteiger partial charge is 0.295 e. The Morgan fingerprint density at radius 1 is 1.29 bits per heavy atom. The Hall–Kier alpha value is -1.64. The highest BCUT2D eigenvalue weighted by atomic mass is 16.1. The van der Waals surface area contributed by atoms with Gasteiger partial charge in [-0.05, 0) is 25.1 Å². The van der Waals surface area contributed by atoms with E-state index in [9.17, 15) is 4.79 Å². The molecule has 0 N–H and O–H groups in total. The molecule has 0 saturated heterocycles. The van der Waals surface area contributed by atoms with Crippen LogP contribution >= 0.6 is 0 Å². The minimum absolute atomic E-state index is 0.0128. The Kier molecular flexibility index (Phi) is 2.57. The molecule has 0 amide bonds. The number of Topliss-reactive ketones (excluding diaryl/α,β-unsaturated/α-hetero) is 1. The molecule has 0 aliphatic rings. The predicted molar refractivity (Wildman–Crippen MR) is 69.4 cm³/mol. The van der Waals surface area contributed by atoms with Gasteiger partial charge in [0.15, 0.2) is 5.78 Å². The van der Waals surface area contributed by atoms with E-state index >= 15 is 0 Å². The zero-order chi connectivity index (χ0) is 12.8. The normalized spacial score (nSPS) is 12.1. The number of carbonyl (C=O) groups excluding carboxylic acids is 1. The molecule has 3 nitrogen and oxygen atoms in total. The number of aryl methyl sites for hydroxylation is 1. The van der Waals surface area contributed by atoms with Crippen LogP contribution in [0, 0.1) is 0 Å². The van der Waals surface area contributed by atoms with Crippen molar-refractivity contribution in [1.29, 1.82) is 0 Å². The summed E-state index contributed by atoms with van der Waals surface area (Å²) in [5.41, 5.74) is 2.87. The maximum Gasteiger partial charge on any atom is 0.159 e. The number of carbonyl (C=O) groups is 1. The van der Waals surface area contributed by atoms with Gasteiger partial charge in [0.05, 0.1) is 11.2 Å². The second kappa shape index (κ2) is 3.69. The standard InChI is InChI=1S/C14H18N2O/c1-9(17)10-6-7-12-11(8-10)13(14(2,3)4)16(5)15-12/h6-8H,1-5H3. The van der Waals surface area contributed by atoms with Crippen molar-refractivity contribution in [3.63, 3.8) is 0 Å². The first kappa shape index (κ1) is 11.8. The monoisotopic (exact) mass is 230 g/mol. The summed E-state index contributed by atoms with van der Waals surface area (Å²) >= 11 is 0. The third-order valence-electron chi connectivity index (χ3n) is 2.95. The second-order valence-corrected chi connectivity index (χ2v) is 5.51. The first-order valence-corrected chi connectivity index (χ1v) is 5.79. The minimum atomic E-state index is 0.0128. The Morgan fingerprint density at radius 2 is 1.94 bits per heavy atom. The summed E-state index contributed by atoms with van der Waals surface area (Å²) in [4.78, 5) is 11.4. The van der Waals surface area contributed by atoms with Gasteiger partial charge in [0.2, 0.25) is 0 Å². The SMILES string of the molecule is CC(=O)c1ccc2nn(C)c(C(C)(C)C)c2c1. The summed E-state index contributed by atoms with van der Waals surface area (Å²) in [5, 5.41) is 5.56. The van der Waals surface area contributed by atoms with E-state index in [4.69, 9.17) is 0 Å². The quantitative estimate of drug-likeness (QED) is 0.706. The summed E-state index contributed by atoms with van der Waals surface area (Å²) in [7, 11) is 1.95. The Labute approximate surface area is 101 Å². The molecule has 1 heterocycles. The van der Waals surface area contributed by atoms with Gasteiger partial charge in [-0.25, -0.2) is 0 Å². The molecule has 2 rings (SSSR count). The van der Waals surface area contributed by atoms with Gasteiger partial charge in [-0.1, -0.05) is 20.8 Å². The van der Waals surface area contributed by atoms with E-state index in [1.807, 2.05) is 29.9 Å². The number of aromatic nitrogens is 2. The molecule has 0 spiro atoms. The minimum Gasteiger partial charge on any atom is -0.295 e. The number of rotatable bonds is 1. The molecule has 0 bridgehead atoms. The molecule has 0 aliphatic heterocycles. The number of fused-ring (bicyclic) bond motifs is 1. The van der Waals surface area contributed by atoms with Crippen LogP contribution in [0.1, 0.15) is 43.7 Å². The molecule has 1 aromatic carbocycles. The van der Waals surface area contributed by atoms with Gasteiger partial charge in [-0.3, -0.25) is 9.48 Å². The van der Waals surface area contributed by atoms with E-state index < -0.39 is 0 Å². The lowest BCUT2D eigenvalue weighted by molar-refractivity contribution is 0.101. The first-order chi connectivity index (χ1) is 7.80. The van der Waals surface area contributed by atoms with Gasteiger partial charge in [-0.15, -0.1) is 0 Å². The lowest BCUT2D eigenvalue weighted by atomic mass is 9.89. The third kappa shape index (κ3) is 1.97. The molecule has 2 aromatic rings. The van der Waals surface area contributed by atoms with Gasteiger partial charge in [0.1, 0.15) is 0 Å². The van der Waals surface area contributed by atoms with Crippen LogP contribution in [0.4, 0.5) is 0 Å². The Balaban J connectivity index is 2.78. The number of hydrogen-bond acceptors (Lipinski definition) is 2. The Morgan fingerprint density at radius 3 is 2.47 bits per heavy atom. The van der Waals surface area contributed by atoms with Gasteiger partial charge in [0, 0.05) is 23.4 Å². The average molecular weight is 230 g/mol. The van der Waals surface area contributed by atoms with Gasteiger partial charge < -0.3 is 0 Å².